The summed E-state index contributed by atoms with van der Waals surface area (Å²) >= 11 is 0. The summed E-state index contributed by atoms with van der Waals surface area (Å²) in [5.41, 5.74) is 4.00. The van der Waals surface area contributed by atoms with Gasteiger partial charge in [-0.3, -0.25) is 9.59 Å². The van der Waals surface area contributed by atoms with Crippen molar-refractivity contribution in [1.82, 2.24) is 5.43 Å². The van der Waals surface area contributed by atoms with Gasteiger partial charge in [0.25, 0.3) is 5.91 Å². The van der Waals surface area contributed by atoms with Gasteiger partial charge in [0.05, 0.1) is 13.3 Å². The van der Waals surface area contributed by atoms with Gasteiger partial charge in [-0.2, -0.15) is 5.10 Å². The van der Waals surface area contributed by atoms with Crippen molar-refractivity contribution >= 4 is 18.1 Å². The quantitative estimate of drug-likeness (QED) is 0.356. The molecular formula is C19H20N2O5. The number of esters is 1. The SMILES string of the molecule is COc1cc(C=NNC(=O)COc2ccccc2C)ccc1OC(C)=O. The predicted molar refractivity (Wildman–Crippen MR) is 96.7 cm³/mol. The summed E-state index contributed by atoms with van der Waals surface area (Å²) < 4.78 is 15.6. The molecule has 2 aromatic carbocycles. The van der Waals surface area contributed by atoms with Crippen LogP contribution in [0.4, 0.5) is 0 Å². The molecule has 0 radical (unpaired) electrons. The van der Waals surface area contributed by atoms with E-state index in [4.69, 9.17) is 14.2 Å². The number of nitrogens with one attached hydrogen (secondary N) is 1. The molecule has 0 aliphatic carbocycles. The molecule has 0 bridgehead atoms. The van der Waals surface area contributed by atoms with Crippen molar-refractivity contribution in [3.05, 3.63) is 53.6 Å². The molecule has 0 atom stereocenters. The summed E-state index contributed by atoms with van der Waals surface area (Å²) in [6, 6.07) is 12.3. The number of methoxy groups -OCH3 is 1. The van der Waals surface area contributed by atoms with Gasteiger partial charge >= 0.3 is 5.97 Å². The van der Waals surface area contributed by atoms with Crippen LogP contribution in [0, 0.1) is 6.92 Å². The van der Waals surface area contributed by atoms with Gasteiger partial charge in [-0.1, -0.05) is 18.2 Å². The Balaban J connectivity index is 1.90. The van der Waals surface area contributed by atoms with E-state index < -0.39 is 5.97 Å². The highest BCUT2D eigenvalue weighted by Gasteiger charge is 2.07. The van der Waals surface area contributed by atoms with Crippen molar-refractivity contribution in [3.8, 4) is 17.2 Å². The van der Waals surface area contributed by atoms with Crippen molar-refractivity contribution in [3.63, 3.8) is 0 Å². The van der Waals surface area contributed by atoms with Crippen LogP contribution in [0.2, 0.25) is 0 Å². The standard InChI is InChI=1S/C19H20N2O5/c1-13-6-4-5-7-16(13)25-12-19(23)21-20-11-15-8-9-17(26-14(2)22)18(10-15)24-3/h4-11H,12H2,1-3H3,(H,21,23). The van der Waals surface area contributed by atoms with E-state index in [1.807, 2.05) is 25.1 Å². The van der Waals surface area contributed by atoms with Crippen LogP contribution in [0.3, 0.4) is 0 Å². The molecule has 0 aromatic heterocycles. The summed E-state index contributed by atoms with van der Waals surface area (Å²) in [5, 5.41) is 3.87. The molecule has 0 saturated carbocycles. The number of para-hydroxylation sites is 1. The average Bonchev–Trinajstić information content (AvgIpc) is 2.61. The van der Waals surface area contributed by atoms with Gasteiger partial charge in [-0.25, -0.2) is 5.43 Å². The lowest BCUT2D eigenvalue weighted by atomic mass is 10.2. The molecule has 0 unspecified atom stereocenters. The fraction of sp³-hybridized carbons (Fsp3) is 0.211. The number of carbonyl (C=O) groups excluding carboxylic acids is 2. The monoisotopic (exact) mass is 356 g/mol. The highest BCUT2D eigenvalue weighted by atomic mass is 16.6. The molecule has 7 heteroatoms. The number of rotatable bonds is 7. The lowest BCUT2D eigenvalue weighted by molar-refractivity contribution is -0.132. The number of hydrogen-bond acceptors (Lipinski definition) is 6. The highest BCUT2D eigenvalue weighted by Crippen LogP contribution is 2.27. The molecule has 7 nitrogen and oxygen atoms in total. The van der Waals surface area contributed by atoms with E-state index in [0.29, 0.717) is 22.8 Å². The van der Waals surface area contributed by atoms with Crippen molar-refractivity contribution in [2.75, 3.05) is 13.7 Å². The van der Waals surface area contributed by atoms with Crippen molar-refractivity contribution in [2.45, 2.75) is 13.8 Å². The van der Waals surface area contributed by atoms with E-state index >= 15 is 0 Å². The number of aryl methyl sites for hydroxylation is 1. The molecule has 0 aliphatic rings. The Morgan fingerprint density at radius 3 is 2.58 bits per heavy atom. The Labute approximate surface area is 151 Å². The Morgan fingerprint density at radius 2 is 1.88 bits per heavy atom. The normalized spacial score (nSPS) is 10.4. The fourth-order valence-electron chi connectivity index (χ4n) is 2.08. The van der Waals surface area contributed by atoms with Crippen LogP contribution in [0.1, 0.15) is 18.1 Å². The number of hydrazone groups is 1. The number of amides is 1. The Kier molecular flexibility index (Phi) is 6.73. The summed E-state index contributed by atoms with van der Waals surface area (Å²) in [5.74, 6) is 0.530. The summed E-state index contributed by atoms with van der Waals surface area (Å²) in [6.45, 7) is 3.07. The van der Waals surface area contributed by atoms with Crippen LogP contribution in [0.5, 0.6) is 17.2 Å². The molecule has 1 amide bonds. The molecule has 0 saturated heterocycles. The molecule has 1 N–H and O–H groups in total. The maximum Gasteiger partial charge on any atom is 0.308 e. The minimum Gasteiger partial charge on any atom is -0.493 e. The Bertz CT molecular complexity index is 817. The van der Waals surface area contributed by atoms with Crippen LogP contribution in [-0.2, 0) is 9.59 Å². The number of hydrogen-bond donors (Lipinski definition) is 1. The van der Waals surface area contributed by atoms with Crippen LogP contribution in [0.15, 0.2) is 47.6 Å². The van der Waals surface area contributed by atoms with Gasteiger partial charge in [0.2, 0.25) is 0 Å². The molecule has 0 heterocycles. The summed E-state index contributed by atoms with van der Waals surface area (Å²) in [6.07, 6.45) is 1.45. The maximum atomic E-state index is 11.8. The minimum absolute atomic E-state index is 0.142. The zero-order valence-corrected chi connectivity index (χ0v) is 14.8. The first-order valence-electron chi connectivity index (χ1n) is 7.86. The second-order valence-corrected chi connectivity index (χ2v) is 5.35. The van der Waals surface area contributed by atoms with Crippen molar-refractivity contribution < 1.29 is 23.8 Å². The molecule has 0 fully saturated rings. The third kappa shape index (κ3) is 5.62. The van der Waals surface area contributed by atoms with E-state index in [-0.39, 0.29) is 12.5 Å². The molecule has 26 heavy (non-hydrogen) atoms. The van der Waals surface area contributed by atoms with E-state index in [0.717, 1.165) is 5.56 Å². The summed E-state index contributed by atoms with van der Waals surface area (Å²) in [7, 11) is 1.47. The third-order valence-corrected chi connectivity index (χ3v) is 3.30. The maximum absolute atomic E-state index is 11.8. The molecule has 2 aromatic rings. The van der Waals surface area contributed by atoms with Crippen LogP contribution in [-0.4, -0.2) is 31.8 Å². The highest BCUT2D eigenvalue weighted by molar-refractivity contribution is 5.84. The second kappa shape index (κ2) is 9.22. The average molecular weight is 356 g/mol. The minimum atomic E-state index is -0.439. The van der Waals surface area contributed by atoms with Crippen LogP contribution in [0.25, 0.3) is 0 Å². The van der Waals surface area contributed by atoms with Gasteiger partial charge in [0.15, 0.2) is 18.1 Å². The first-order chi connectivity index (χ1) is 12.5. The van der Waals surface area contributed by atoms with Crippen LogP contribution < -0.4 is 19.6 Å². The van der Waals surface area contributed by atoms with Gasteiger partial charge in [0, 0.05) is 6.92 Å². The molecular weight excluding hydrogens is 336 g/mol. The van der Waals surface area contributed by atoms with Crippen molar-refractivity contribution in [2.24, 2.45) is 5.10 Å². The smallest absolute Gasteiger partial charge is 0.308 e. The van der Waals surface area contributed by atoms with E-state index in [9.17, 15) is 9.59 Å². The van der Waals surface area contributed by atoms with E-state index in [1.165, 1.54) is 20.2 Å². The Hall–Kier alpha value is -3.35. The lowest BCUT2D eigenvalue weighted by Crippen LogP contribution is -2.24. The number of carbonyl (C=O) groups is 2. The molecule has 0 spiro atoms. The van der Waals surface area contributed by atoms with E-state index in [2.05, 4.69) is 10.5 Å². The Morgan fingerprint density at radius 1 is 1.12 bits per heavy atom. The largest absolute Gasteiger partial charge is 0.493 e. The van der Waals surface area contributed by atoms with Gasteiger partial charge in [0.1, 0.15) is 5.75 Å². The van der Waals surface area contributed by atoms with Gasteiger partial charge in [-0.15, -0.1) is 0 Å². The zero-order valence-electron chi connectivity index (χ0n) is 14.8. The van der Waals surface area contributed by atoms with Gasteiger partial charge < -0.3 is 14.2 Å². The van der Waals surface area contributed by atoms with Crippen LogP contribution >= 0.6 is 0 Å². The molecule has 136 valence electrons. The predicted octanol–water partition coefficient (Wildman–Crippen LogP) is 2.46. The number of nitrogens with zero attached hydrogens (tertiary/aromatic N) is 1. The molecule has 0 aliphatic heterocycles. The zero-order chi connectivity index (χ0) is 18.9. The molecule has 2 rings (SSSR count). The first-order valence-corrected chi connectivity index (χ1v) is 7.86. The van der Waals surface area contributed by atoms with Gasteiger partial charge in [-0.05, 0) is 42.3 Å². The summed E-state index contributed by atoms with van der Waals surface area (Å²) in [4.78, 5) is 22.8. The third-order valence-electron chi connectivity index (χ3n) is 3.30. The lowest BCUT2D eigenvalue weighted by Gasteiger charge is -2.08. The van der Waals surface area contributed by atoms with Crippen molar-refractivity contribution in [1.29, 1.82) is 0 Å². The fourth-order valence-corrected chi connectivity index (χ4v) is 2.08. The number of ether oxygens (including phenoxy) is 3. The van der Waals surface area contributed by atoms with E-state index in [1.54, 1.807) is 24.3 Å². The number of benzene rings is 2. The first kappa shape index (κ1) is 19.0. The second-order valence-electron chi connectivity index (χ2n) is 5.35. The topological polar surface area (TPSA) is 86.2 Å².